The molecule has 2 rings (SSSR count). The molecule has 0 bridgehead atoms. The van der Waals surface area contributed by atoms with Gasteiger partial charge in [-0.05, 0) is 52.4 Å². The number of carbonyl (C=O) groups excluding carboxylic acids is 1. The number of carbonyl (C=O) groups is 1. The first-order valence-electron chi connectivity index (χ1n) is 8.76. The van der Waals surface area contributed by atoms with Crippen molar-refractivity contribution in [3.8, 4) is 0 Å². The van der Waals surface area contributed by atoms with Crippen LogP contribution in [-0.4, -0.2) is 34.5 Å². The summed E-state index contributed by atoms with van der Waals surface area (Å²) < 4.78 is 5.40. The summed E-state index contributed by atoms with van der Waals surface area (Å²) in [4.78, 5) is 12.3. The Labute approximate surface area is 144 Å². The number of aliphatic hydroxyl groups excluding tert-OH is 1. The van der Waals surface area contributed by atoms with E-state index in [2.05, 4.69) is 6.58 Å². The maximum Gasteiger partial charge on any atom is 0.313 e. The van der Waals surface area contributed by atoms with Crippen molar-refractivity contribution in [2.24, 2.45) is 17.8 Å². The molecular weight excluding hydrogens is 304 g/mol. The third-order valence-corrected chi connectivity index (χ3v) is 4.96. The topological polar surface area (TPSA) is 66.8 Å². The van der Waals surface area contributed by atoms with Crippen molar-refractivity contribution in [1.82, 2.24) is 0 Å². The van der Waals surface area contributed by atoms with Crippen molar-refractivity contribution in [2.45, 2.75) is 58.2 Å². The average Bonchev–Trinajstić information content (AvgIpc) is 2.49. The standard InChI is InChI=1S/C20H30O4/c1-13-7-8-16-17(6-5-9-20(3,4)23)19(22)24-12-18(16)14(2)11-15(21)10-13/h5-6,10,15-18,21,23H,2,7-9,11-12H2,1,3-4H3/b6-5+,13-10+/t15?,16?,17-,18+/m1/s1. The minimum Gasteiger partial charge on any atom is -0.465 e. The van der Waals surface area contributed by atoms with E-state index in [0.717, 1.165) is 24.0 Å². The zero-order chi connectivity index (χ0) is 17.9. The monoisotopic (exact) mass is 334 g/mol. The summed E-state index contributed by atoms with van der Waals surface area (Å²) >= 11 is 0. The summed E-state index contributed by atoms with van der Waals surface area (Å²) in [7, 11) is 0. The Morgan fingerprint density at radius 3 is 2.83 bits per heavy atom. The van der Waals surface area contributed by atoms with E-state index >= 15 is 0 Å². The smallest absolute Gasteiger partial charge is 0.313 e. The molecule has 0 radical (unpaired) electrons. The second-order valence-electron chi connectivity index (χ2n) is 7.85. The van der Waals surface area contributed by atoms with Crippen molar-refractivity contribution >= 4 is 5.97 Å². The van der Waals surface area contributed by atoms with Crippen LogP contribution in [0.5, 0.6) is 0 Å². The Kier molecular flexibility index (Phi) is 6.05. The first-order valence-corrected chi connectivity index (χ1v) is 8.76. The number of esters is 1. The van der Waals surface area contributed by atoms with E-state index in [1.807, 2.05) is 25.2 Å². The number of ether oxygens (including phenoxy) is 1. The molecule has 4 atom stereocenters. The van der Waals surface area contributed by atoms with Gasteiger partial charge in [0.05, 0.1) is 24.2 Å². The molecule has 134 valence electrons. The highest BCUT2D eigenvalue weighted by molar-refractivity contribution is 5.75. The van der Waals surface area contributed by atoms with Crippen molar-refractivity contribution < 1.29 is 19.7 Å². The summed E-state index contributed by atoms with van der Waals surface area (Å²) in [5.41, 5.74) is 1.31. The number of allylic oxidation sites excluding steroid dienone is 1. The van der Waals surface area contributed by atoms with Crippen LogP contribution in [-0.2, 0) is 9.53 Å². The van der Waals surface area contributed by atoms with Crippen LogP contribution in [0.2, 0.25) is 0 Å². The van der Waals surface area contributed by atoms with Gasteiger partial charge in [-0.1, -0.05) is 36.0 Å². The molecule has 2 unspecified atom stereocenters. The predicted molar refractivity (Wildman–Crippen MR) is 94.2 cm³/mol. The minimum atomic E-state index is -0.792. The van der Waals surface area contributed by atoms with E-state index < -0.39 is 11.7 Å². The Hall–Kier alpha value is -1.39. The van der Waals surface area contributed by atoms with E-state index in [4.69, 9.17) is 4.74 Å². The SMILES string of the molecule is C=C1CC(O)/C=C(\C)CCC2[C@@H](/C=C/CC(C)(C)O)C(=O)OC[C@@H]12. The first-order chi connectivity index (χ1) is 11.2. The molecule has 0 aromatic heterocycles. The van der Waals surface area contributed by atoms with Crippen LogP contribution in [0.1, 0.15) is 46.5 Å². The van der Waals surface area contributed by atoms with Gasteiger partial charge in [-0.15, -0.1) is 0 Å². The number of aliphatic hydroxyl groups is 2. The third kappa shape index (κ3) is 5.05. The summed E-state index contributed by atoms with van der Waals surface area (Å²) in [6, 6.07) is 0. The van der Waals surface area contributed by atoms with Gasteiger partial charge in [0, 0.05) is 5.92 Å². The highest BCUT2D eigenvalue weighted by atomic mass is 16.5. The first kappa shape index (κ1) is 18.9. The van der Waals surface area contributed by atoms with Gasteiger partial charge < -0.3 is 14.9 Å². The lowest BCUT2D eigenvalue weighted by Gasteiger charge is -2.37. The summed E-state index contributed by atoms with van der Waals surface area (Å²) in [5.74, 6) is -0.303. The summed E-state index contributed by atoms with van der Waals surface area (Å²) in [6.07, 6.45) is 7.87. The number of hydrogen-bond donors (Lipinski definition) is 2. The summed E-state index contributed by atoms with van der Waals surface area (Å²) in [5, 5.41) is 20.0. The minimum absolute atomic E-state index is 0.0773. The lowest BCUT2D eigenvalue weighted by atomic mass is 9.73. The Morgan fingerprint density at radius 2 is 2.17 bits per heavy atom. The highest BCUT2D eigenvalue weighted by Gasteiger charge is 2.40. The number of rotatable bonds is 3. The van der Waals surface area contributed by atoms with Crippen LogP contribution in [0, 0.1) is 17.8 Å². The van der Waals surface area contributed by atoms with Gasteiger partial charge in [-0.25, -0.2) is 0 Å². The molecule has 1 saturated heterocycles. The molecule has 1 heterocycles. The molecule has 0 spiro atoms. The van der Waals surface area contributed by atoms with Crippen LogP contribution in [0.15, 0.2) is 36.0 Å². The van der Waals surface area contributed by atoms with Crippen molar-refractivity contribution in [3.63, 3.8) is 0 Å². The molecule has 1 aliphatic heterocycles. The number of hydrogen-bond acceptors (Lipinski definition) is 4. The number of fused-ring (bicyclic) bond motifs is 1. The quantitative estimate of drug-likeness (QED) is 0.614. The zero-order valence-corrected chi connectivity index (χ0v) is 15.0. The molecule has 4 heteroatoms. The van der Waals surface area contributed by atoms with E-state index in [0.29, 0.717) is 19.4 Å². The summed E-state index contributed by atoms with van der Waals surface area (Å²) in [6.45, 7) is 10.0. The second-order valence-corrected chi connectivity index (χ2v) is 7.85. The fourth-order valence-corrected chi connectivity index (χ4v) is 3.63. The van der Waals surface area contributed by atoms with E-state index in [-0.39, 0.29) is 23.7 Å². The van der Waals surface area contributed by atoms with Crippen molar-refractivity contribution in [3.05, 3.63) is 36.0 Å². The van der Waals surface area contributed by atoms with E-state index in [1.54, 1.807) is 13.8 Å². The average molecular weight is 334 g/mol. The molecule has 2 N–H and O–H groups in total. The molecule has 4 nitrogen and oxygen atoms in total. The molecule has 0 aromatic rings. The van der Waals surface area contributed by atoms with Crippen LogP contribution in [0.4, 0.5) is 0 Å². The highest BCUT2D eigenvalue weighted by Crippen LogP contribution is 2.39. The van der Waals surface area contributed by atoms with Crippen LogP contribution in [0.25, 0.3) is 0 Å². The van der Waals surface area contributed by atoms with Crippen LogP contribution < -0.4 is 0 Å². The molecule has 0 saturated carbocycles. The van der Waals surface area contributed by atoms with Crippen molar-refractivity contribution in [1.29, 1.82) is 0 Å². The Morgan fingerprint density at radius 1 is 1.46 bits per heavy atom. The van der Waals surface area contributed by atoms with E-state index in [9.17, 15) is 15.0 Å². The van der Waals surface area contributed by atoms with Gasteiger partial charge in [0.15, 0.2) is 0 Å². The fraction of sp³-hybridized carbons (Fsp3) is 0.650. The van der Waals surface area contributed by atoms with Gasteiger partial charge in [0.1, 0.15) is 0 Å². The molecule has 1 aliphatic carbocycles. The predicted octanol–water partition coefficient (Wildman–Crippen LogP) is 3.16. The van der Waals surface area contributed by atoms with Crippen LogP contribution in [0.3, 0.4) is 0 Å². The van der Waals surface area contributed by atoms with Gasteiger partial charge >= 0.3 is 5.97 Å². The van der Waals surface area contributed by atoms with E-state index in [1.165, 1.54) is 0 Å². The lowest BCUT2D eigenvalue weighted by Crippen LogP contribution is -2.39. The molecule has 0 amide bonds. The number of cyclic esters (lactones) is 1. The van der Waals surface area contributed by atoms with Crippen molar-refractivity contribution in [2.75, 3.05) is 6.61 Å². The van der Waals surface area contributed by atoms with Gasteiger partial charge in [-0.3, -0.25) is 4.79 Å². The third-order valence-electron chi connectivity index (χ3n) is 4.96. The maximum absolute atomic E-state index is 12.3. The molecule has 2 aliphatic rings. The fourth-order valence-electron chi connectivity index (χ4n) is 3.63. The molecule has 24 heavy (non-hydrogen) atoms. The normalized spacial score (nSPS) is 34.6. The lowest BCUT2D eigenvalue weighted by molar-refractivity contribution is -0.157. The Bertz CT molecular complexity index is 538. The zero-order valence-electron chi connectivity index (χ0n) is 15.0. The largest absolute Gasteiger partial charge is 0.465 e. The van der Waals surface area contributed by atoms with Gasteiger partial charge in [0.2, 0.25) is 0 Å². The Balaban J connectivity index is 2.22. The van der Waals surface area contributed by atoms with Gasteiger partial charge in [-0.2, -0.15) is 0 Å². The van der Waals surface area contributed by atoms with Crippen LogP contribution >= 0.6 is 0 Å². The maximum atomic E-state index is 12.3. The van der Waals surface area contributed by atoms with Gasteiger partial charge in [0.25, 0.3) is 0 Å². The molecular formula is C20H30O4. The molecule has 1 fully saturated rings. The second kappa shape index (κ2) is 7.66. The molecule has 0 aromatic carbocycles.